The molecule has 1 aromatic carbocycles. The molecule has 0 atom stereocenters. The van der Waals surface area contributed by atoms with Crippen molar-refractivity contribution in [2.24, 2.45) is 5.41 Å². The Morgan fingerprint density at radius 3 is 2.63 bits per heavy atom. The monoisotopic (exact) mass is 302 g/mol. The Balaban J connectivity index is 2.17. The summed E-state index contributed by atoms with van der Waals surface area (Å²) in [5.74, 6) is 0. The predicted octanol–water partition coefficient (Wildman–Crippen LogP) is 2.14. The SMILES string of the molecule is CNCc1cc(S(=O)(=O)NCC2(C)CC2)ccc1Cl. The summed E-state index contributed by atoms with van der Waals surface area (Å²) in [5.41, 5.74) is 0.928. The molecule has 19 heavy (non-hydrogen) atoms. The molecule has 1 aliphatic carbocycles. The molecule has 2 rings (SSSR count). The first-order chi connectivity index (χ1) is 8.86. The number of rotatable bonds is 6. The van der Waals surface area contributed by atoms with Gasteiger partial charge in [-0.3, -0.25) is 0 Å². The van der Waals surface area contributed by atoms with E-state index in [9.17, 15) is 8.42 Å². The molecule has 6 heteroatoms. The van der Waals surface area contributed by atoms with Crippen molar-refractivity contribution in [1.82, 2.24) is 10.0 Å². The van der Waals surface area contributed by atoms with Gasteiger partial charge >= 0.3 is 0 Å². The van der Waals surface area contributed by atoms with Crippen molar-refractivity contribution in [3.8, 4) is 0 Å². The minimum atomic E-state index is -3.45. The van der Waals surface area contributed by atoms with Gasteiger partial charge < -0.3 is 5.32 Å². The lowest BCUT2D eigenvalue weighted by Crippen LogP contribution is -2.29. The van der Waals surface area contributed by atoms with Crippen LogP contribution in [0.3, 0.4) is 0 Å². The normalized spacial score (nSPS) is 17.4. The highest BCUT2D eigenvalue weighted by Gasteiger charge is 2.38. The summed E-state index contributed by atoms with van der Waals surface area (Å²) < 4.78 is 27.1. The molecule has 0 saturated heterocycles. The standard InChI is InChI=1S/C13H19ClN2O2S/c1-13(5-6-13)9-16-19(17,18)11-3-4-12(14)10(7-11)8-15-2/h3-4,7,15-16H,5-6,8-9H2,1-2H3. The van der Waals surface area contributed by atoms with Gasteiger partial charge in [0.1, 0.15) is 0 Å². The number of hydrogen-bond donors (Lipinski definition) is 2. The Morgan fingerprint density at radius 2 is 2.05 bits per heavy atom. The molecule has 1 saturated carbocycles. The van der Waals surface area contributed by atoms with Crippen molar-refractivity contribution in [3.63, 3.8) is 0 Å². The number of hydrogen-bond acceptors (Lipinski definition) is 3. The third-order valence-electron chi connectivity index (χ3n) is 3.49. The third kappa shape index (κ3) is 3.69. The molecule has 0 radical (unpaired) electrons. The van der Waals surface area contributed by atoms with E-state index in [2.05, 4.69) is 17.0 Å². The summed E-state index contributed by atoms with van der Waals surface area (Å²) >= 11 is 6.03. The highest BCUT2D eigenvalue weighted by molar-refractivity contribution is 7.89. The first kappa shape index (κ1) is 14.8. The molecule has 0 heterocycles. The quantitative estimate of drug-likeness (QED) is 0.846. The molecular weight excluding hydrogens is 284 g/mol. The van der Waals surface area contributed by atoms with Gasteiger partial charge in [-0.2, -0.15) is 0 Å². The third-order valence-corrected chi connectivity index (χ3v) is 5.25. The Bertz CT molecular complexity index is 568. The molecule has 0 amide bonds. The first-order valence-electron chi connectivity index (χ1n) is 6.29. The van der Waals surface area contributed by atoms with Crippen molar-refractivity contribution < 1.29 is 8.42 Å². The van der Waals surface area contributed by atoms with Crippen LogP contribution in [0.25, 0.3) is 0 Å². The van der Waals surface area contributed by atoms with Crippen LogP contribution >= 0.6 is 11.6 Å². The van der Waals surface area contributed by atoms with Gasteiger partial charge in [0.25, 0.3) is 0 Å². The van der Waals surface area contributed by atoms with E-state index < -0.39 is 10.0 Å². The van der Waals surface area contributed by atoms with Gasteiger partial charge in [-0.15, -0.1) is 0 Å². The minimum absolute atomic E-state index is 0.146. The van der Waals surface area contributed by atoms with Crippen LogP contribution in [0, 0.1) is 5.41 Å². The molecule has 0 aliphatic heterocycles. The van der Waals surface area contributed by atoms with Gasteiger partial charge in [0.15, 0.2) is 0 Å². The molecule has 0 bridgehead atoms. The van der Waals surface area contributed by atoms with Crippen LogP contribution < -0.4 is 10.0 Å². The van der Waals surface area contributed by atoms with Crippen molar-refractivity contribution in [2.75, 3.05) is 13.6 Å². The van der Waals surface area contributed by atoms with Gasteiger partial charge in [-0.25, -0.2) is 13.1 Å². The predicted molar refractivity (Wildman–Crippen MR) is 76.7 cm³/mol. The lowest BCUT2D eigenvalue weighted by molar-refractivity contribution is 0.530. The maximum Gasteiger partial charge on any atom is 0.240 e. The van der Waals surface area contributed by atoms with Crippen LogP contribution in [0.5, 0.6) is 0 Å². The number of sulfonamides is 1. The molecular formula is C13H19ClN2O2S. The van der Waals surface area contributed by atoms with Crippen molar-refractivity contribution in [2.45, 2.75) is 31.2 Å². The summed E-state index contributed by atoms with van der Waals surface area (Å²) in [6, 6.07) is 4.79. The molecule has 1 aliphatic rings. The van der Waals surface area contributed by atoms with E-state index in [1.807, 2.05) is 0 Å². The van der Waals surface area contributed by atoms with E-state index in [1.165, 1.54) is 0 Å². The Labute approximate surface area is 119 Å². The second kappa shape index (κ2) is 5.40. The highest BCUT2D eigenvalue weighted by Crippen LogP contribution is 2.44. The van der Waals surface area contributed by atoms with Crippen LogP contribution in [0.15, 0.2) is 23.1 Å². The lowest BCUT2D eigenvalue weighted by atomic mass is 10.2. The second-order valence-corrected chi connectivity index (χ2v) is 7.59. The Kier molecular flexibility index (Phi) is 4.20. The molecule has 2 N–H and O–H groups in total. The molecule has 0 aromatic heterocycles. The summed E-state index contributed by atoms with van der Waals surface area (Å²) in [5, 5.41) is 3.54. The molecule has 4 nitrogen and oxygen atoms in total. The summed E-state index contributed by atoms with van der Waals surface area (Å²) in [6.45, 7) is 3.13. The van der Waals surface area contributed by atoms with Gasteiger partial charge in [0.2, 0.25) is 10.0 Å². The van der Waals surface area contributed by atoms with E-state index in [1.54, 1.807) is 25.2 Å². The zero-order chi connectivity index (χ0) is 14.1. The largest absolute Gasteiger partial charge is 0.316 e. The average molecular weight is 303 g/mol. The fraction of sp³-hybridized carbons (Fsp3) is 0.538. The topological polar surface area (TPSA) is 58.2 Å². The summed E-state index contributed by atoms with van der Waals surface area (Å²) in [7, 11) is -1.65. The molecule has 106 valence electrons. The van der Waals surface area contributed by atoms with Crippen molar-refractivity contribution >= 4 is 21.6 Å². The summed E-state index contributed by atoms with van der Waals surface area (Å²) in [6.07, 6.45) is 2.17. The van der Waals surface area contributed by atoms with E-state index in [0.717, 1.165) is 18.4 Å². The van der Waals surface area contributed by atoms with Gasteiger partial charge in [0, 0.05) is 18.1 Å². The zero-order valence-electron chi connectivity index (χ0n) is 11.2. The van der Waals surface area contributed by atoms with Crippen LogP contribution in [-0.2, 0) is 16.6 Å². The second-order valence-electron chi connectivity index (χ2n) is 5.42. The van der Waals surface area contributed by atoms with Crippen LogP contribution in [-0.4, -0.2) is 22.0 Å². The van der Waals surface area contributed by atoms with Crippen LogP contribution in [0.4, 0.5) is 0 Å². The molecule has 0 unspecified atom stereocenters. The van der Waals surface area contributed by atoms with E-state index in [4.69, 9.17) is 11.6 Å². The van der Waals surface area contributed by atoms with Crippen LogP contribution in [0.2, 0.25) is 5.02 Å². The fourth-order valence-corrected chi connectivity index (χ4v) is 3.22. The van der Waals surface area contributed by atoms with Crippen molar-refractivity contribution in [1.29, 1.82) is 0 Å². The first-order valence-corrected chi connectivity index (χ1v) is 8.15. The van der Waals surface area contributed by atoms with Crippen molar-refractivity contribution in [3.05, 3.63) is 28.8 Å². The number of nitrogens with one attached hydrogen (secondary N) is 2. The summed E-state index contributed by atoms with van der Waals surface area (Å²) in [4.78, 5) is 0.270. The molecule has 1 aromatic rings. The minimum Gasteiger partial charge on any atom is -0.316 e. The fourth-order valence-electron chi connectivity index (χ4n) is 1.79. The Morgan fingerprint density at radius 1 is 1.37 bits per heavy atom. The Hall–Kier alpha value is -0.620. The van der Waals surface area contributed by atoms with Crippen LogP contribution in [0.1, 0.15) is 25.3 Å². The lowest BCUT2D eigenvalue weighted by Gasteiger charge is -2.12. The maximum absolute atomic E-state index is 12.2. The molecule has 1 fully saturated rings. The van der Waals surface area contributed by atoms with Gasteiger partial charge in [0.05, 0.1) is 4.90 Å². The highest BCUT2D eigenvalue weighted by atomic mass is 35.5. The van der Waals surface area contributed by atoms with Gasteiger partial charge in [-0.05, 0) is 49.1 Å². The van der Waals surface area contributed by atoms with Gasteiger partial charge in [-0.1, -0.05) is 18.5 Å². The average Bonchev–Trinajstić information content (AvgIpc) is 3.09. The maximum atomic E-state index is 12.2. The molecule has 0 spiro atoms. The zero-order valence-corrected chi connectivity index (χ0v) is 12.7. The number of benzene rings is 1. The number of halogens is 1. The van der Waals surface area contributed by atoms with E-state index >= 15 is 0 Å². The van der Waals surface area contributed by atoms with E-state index in [-0.39, 0.29) is 10.3 Å². The van der Waals surface area contributed by atoms with E-state index in [0.29, 0.717) is 18.1 Å². The smallest absolute Gasteiger partial charge is 0.240 e.